The molecule has 0 spiro atoms. The van der Waals surface area contributed by atoms with Gasteiger partial charge in [0.1, 0.15) is 6.54 Å². The number of nitrogens with one attached hydrogen (secondary N) is 1. The van der Waals surface area contributed by atoms with Gasteiger partial charge in [0.15, 0.2) is 0 Å². The molecule has 96 valence electrons. The number of hydrogen-bond acceptors (Lipinski definition) is 4. The van der Waals surface area contributed by atoms with E-state index >= 15 is 0 Å². The average Bonchev–Trinajstić information content (AvgIpc) is 2.84. The molecule has 4 heteroatoms. The maximum atomic E-state index is 11.4. The molecule has 0 atom stereocenters. The van der Waals surface area contributed by atoms with E-state index in [1.807, 2.05) is 12.1 Å². The summed E-state index contributed by atoms with van der Waals surface area (Å²) in [5.41, 5.74) is 0.952. The lowest BCUT2D eigenvalue weighted by Gasteiger charge is -2.07. The zero-order chi connectivity index (χ0) is 12.8. The van der Waals surface area contributed by atoms with Crippen molar-refractivity contribution in [2.24, 2.45) is 0 Å². The van der Waals surface area contributed by atoms with Crippen molar-refractivity contribution in [3.05, 3.63) is 29.6 Å². The van der Waals surface area contributed by atoms with E-state index in [4.69, 9.17) is 4.74 Å². The highest BCUT2D eigenvalue weighted by atomic mass is 32.1. The summed E-state index contributed by atoms with van der Waals surface area (Å²) < 4.78 is 6.33. The summed E-state index contributed by atoms with van der Waals surface area (Å²) in [7, 11) is 0. The Morgan fingerprint density at radius 3 is 3.11 bits per heavy atom. The minimum Gasteiger partial charge on any atom is -0.464 e. The molecule has 2 aromatic rings. The second-order valence-electron chi connectivity index (χ2n) is 4.10. The smallest absolute Gasteiger partial charge is 0.325 e. The van der Waals surface area contributed by atoms with E-state index in [2.05, 4.69) is 29.8 Å². The van der Waals surface area contributed by atoms with Crippen LogP contribution in [0.25, 0.3) is 10.1 Å². The van der Waals surface area contributed by atoms with Gasteiger partial charge >= 0.3 is 5.97 Å². The molecule has 1 heterocycles. The molecule has 18 heavy (non-hydrogen) atoms. The Bertz CT molecular complexity index is 521. The number of hydrogen-bond donors (Lipinski definition) is 1. The van der Waals surface area contributed by atoms with Crippen LogP contribution in [0.3, 0.4) is 0 Å². The molecule has 0 aliphatic carbocycles. The maximum absolute atomic E-state index is 11.4. The molecular weight excluding hydrogens is 246 g/mol. The number of carbonyl (C=O) groups is 1. The first-order chi connectivity index (χ1) is 8.79. The van der Waals surface area contributed by atoms with Gasteiger partial charge in [-0.05, 0) is 41.5 Å². The van der Waals surface area contributed by atoms with Crippen LogP contribution in [-0.2, 0) is 9.53 Å². The molecule has 0 unspecified atom stereocenters. The van der Waals surface area contributed by atoms with E-state index in [0.29, 0.717) is 6.61 Å². The standard InChI is InChI=1S/C14H17NO2S/c1-2-3-7-17-14(16)10-15-12-4-5-13-11(9-12)6-8-18-13/h4-6,8-9,15H,2-3,7,10H2,1H3. The fourth-order valence-corrected chi connectivity index (χ4v) is 2.40. The Hall–Kier alpha value is -1.55. The number of unbranched alkanes of at least 4 members (excludes halogenated alkanes) is 1. The van der Waals surface area contributed by atoms with E-state index < -0.39 is 0 Å². The number of benzene rings is 1. The molecule has 0 saturated heterocycles. The average molecular weight is 263 g/mol. The number of rotatable bonds is 6. The van der Waals surface area contributed by atoms with Gasteiger partial charge < -0.3 is 10.1 Å². The first kappa shape index (κ1) is 12.9. The predicted molar refractivity (Wildman–Crippen MR) is 76.2 cm³/mol. The summed E-state index contributed by atoms with van der Waals surface area (Å²) in [6.07, 6.45) is 1.96. The SMILES string of the molecule is CCCCOC(=O)CNc1ccc2sccc2c1. The van der Waals surface area contributed by atoms with Gasteiger partial charge in [-0.25, -0.2) is 0 Å². The Morgan fingerprint density at radius 2 is 2.28 bits per heavy atom. The Balaban J connectivity index is 1.83. The molecular formula is C14H17NO2S. The van der Waals surface area contributed by atoms with Crippen LogP contribution in [-0.4, -0.2) is 19.1 Å². The van der Waals surface area contributed by atoms with Crippen molar-refractivity contribution in [3.63, 3.8) is 0 Å². The lowest BCUT2D eigenvalue weighted by atomic mass is 10.2. The van der Waals surface area contributed by atoms with Gasteiger partial charge in [0.25, 0.3) is 0 Å². The van der Waals surface area contributed by atoms with Gasteiger partial charge in [0.2, 0.25) is 0 Å². The third kappa shape index (κ3) is 3.47. The summed E-state index contributed by atoms with van der Waals surface area (Å²) in [4.78, 5) is 11.4. The monoisotopic (exact) mass is 263 g/mol. The molecule has 0 radical (unpaired) electrons. The molecule has 0 saturated carbocycles. The normalized spacial score (nSPS) is 10.5. The number of carbonyl (C=O) groups excluding carboxylic acids is 1. The van der Waals surface area contributed by atoms with Crippen LogP contribution in [0.4, 0.5) is 5.69 Å². The molecule has 0 aliphatic heterocycles. The number of thiophene rings is 1. The summed E-state index contributed by atoms with van der Waals surface area (Å²) in [5.74, 6) is -0.200. The molecule has 0 bridgehead atoms. The zero-order valence-electron chi connectivity index (χ0n) is 10.4. The van der Waals surface area contributed by atoms with Crippen LogP contribution >= 0.6 is 11.3 Å². The van der Waals surface area contributed by atoms with Gasteiger partial charge in [-0.3, -0.25) is 4.79 Å². The van der Waals surface area contributed by atoms with Crippen molar-refractivity contribution in [1.29, 1.82) is 0 Å². The highest BCUT2D eigenvalue weighted by Crippen LogP contribution is 2.23. The predicted octanol–water partition coefficient (Wildman–Crippen LogP) is 3.66. The highest BCUT2D eigenvalue weighted by Gasteiger charge is 2.03. The Kier molecular flexibility index (Phi) is 4.59. The van der Waals surface area contributed by atoms with Gasteiger partial charge in [-0.1, -0.05) is 13.3 Å². The van der Waals surface area contributed by atoms with E-state index in [0.717, 1.165) is 18.5 Å². The Morgan fingerprint density at radius 1 is 1.39 bits per heavy atom. The van der Waals surface area contributed by atoms with Crippen LogP contribution in [0.15, 0.2) is 29.6 Å². The van der Waals surface area contributed by atoms with E-state index in [1.54, 1.807) is 11.3 Å². The highest BCUT2D eigenvalue weighted by molar-refractivity contribution is 7.17. The van der Waals surface area contributed by atoms with Crippen LogP contribution in [0.1, 0.15) is 19.8 Å². The van der Waals surface area contributed by atoms with E-state index in [-0.39, 0.29) is 12.5 Å². The Labute approximate surface area is 111 Å². The molecule has 1 aromatic carbocycles. The summed E-state index contributed by atoms with van der Waals surface area (Å²) in [6, 6.07) is 8.17. The minimum absolute atomic E-state index is 0.200. The van der Waals surface area contributed by atoms with Gasteiger partial charge in [-0.2, -0.15) is 0 Å². The first-order valence-electron chi connectivity index (χ1n) is 6.16. The van der Waals surface area contributed by atoms with Crippen molar-refractivity contribution in [1.82, 2.24) is 0 Å². The van der Waals surface area contributed by atoms with E-state index in [9.17, 15) is 4.79 Å². The van der Waals surface area contributed by atoms with Crippen LogP contribution in [0.5, 0.6) is 0 Å². The lowest BCUT2D eigenvalue weighted by molar-refractivity contribution is -0.141. The number of esters is 1. The van der Waals surface area contributed by atoms with Gasteiger partial charge in [-0.15, -0.1) is 11.3 Å². The molecule has 0 amide bonds. The quantitative estimate of drug-likeness (QED) is 0.638. The van der Waals surface area contributed by atoms with Crippen molar-refractivity contribution in [3.8, 4) is 0 Å². The summed E-state index contributed by atoms with van der Waals surface area (Å²) in [6.45, 7) is 2.81. The van der Waals surface area contributed by atoms with E-state index in [1.165, 1.54) is 10.1 Å². The molecule has 0 aliphatic rings. The molecule has 3 nitrogen and oxygen atoms in total. The van der Waals surface area contributed by atoms with Crippen molar-refractivity contribution >= 4 is 33.1 Å². The fourth-order valence-electron chi connectivity index (χ4n) is 1.63. The molecule has 1 aromatic heterocycles. The molecule has 0 fully saturated rings. The zero-order valence-corrected chi connectivity index (χ0v) is 11.3. The topological polar surface area (TPSA) is 38.3 Å². The number of anilines is 1. The molecule has 2 rings (SSSR count). The van der Waals surface area contributed by atoms with Crippen molar-refractivity contribution in [2.45, 2.75) is 19.8 Å². The van der Waals surface area contributed by atoms with Gasteiger partial charge in [0, 0.05) is 10.4 Å². The fraction of sp³-hybridized carbons (Fsp3) is 0.357. The number of fused-ring (bicyclic) bond motifs is 1. The summed E-state index contributed by atoms with van der Waals surface area (Å²) in [5, 5.41) is 6.34. The van der Waals surface area contributed by atoms with Gasteiger partial charge in [0.05, 0.1) is 6.61 Å². The minimum atomic E-state index is -0.200. The van der Waals surface area contributed by atoms with Crippen LogP contribution in [0.2, 0.25) is 0 Å². The second kappa shape index (κ2) is 6.40. The van der Waals surface area contributed by atoms with Crippen molar-refractivity contribution in [2.75, 3.05) is 18.5 Å². The second-order valence-corrected chi connectivity index (χ2v) is 5.05. The third-order valence-corrected chi connectivity index (χ3v) is 3.55. The third-order valence-electron chi connectivity index (χ3n) is 2.65. The van der Waals surface area contributed by atoms with Crippen molar-refractivity contribution < 1.29 is 9.53 Å². The summed E-state index contributed by atoms with van der Waals surface area (Å²) >= 11 is 1.71. The lowest BCUT2D eigenvalue weighted by Crippen LogP contribution is -2.17. The largest absolute Gasteiger partial charge is 0.464 e. The number of ether oxygens (including phenoxy) is 1. The first-order valence-corrected chi connectivity index (χ1v) is 7.04. The van der Waals surface area contributed by atoms with Crippen LogP contribution in [0, 0.1) is 0 Å². The molecule has 1 N–H and O–H groups in total. The maximum Gasteiger partial charge on any atom is 0.325 e. The van der Waals surface area contributed by atoms with Crippen LogP contribution < -0.4 is 5.32 Å².